The number of nitrogens with one attached hydrogen (secondary N) is 1. The van der Waals surface area contributed by atoms with Crippen LogP contribution in [0.25, 0.3) is 11.0 Å². The lowest BCUT2D eigenvalue weighted by Crippen LogP contribution is -2.33. The number of H-pyrrole nitrogens is 1. The molecule has 2 aromatic heterocycles. The molecule has 6 heteroatoms. The molecule has 0 atom stereocenters. The van der Waals surface area contributed by atoms with Gasteiger partial charge in [0.15, 0.2) is 5.69 Å². The molecule has 21 heavy (non-hydrogen) atoms. The molecule has 2 heterocycles. The minimum absolute atomic E-state index is 0.123. The Morgan fingerprint density at radius 1 is 1.33 bits per heavy atom. The average Bonchev–Trinajstić information content (AvgIpc) is 3.16. The molecule has 1 N–H and O–H groups in total. The summed E-state index contributed by atoms with van der Waals surface area (Å²) in [5.41, 5.74) is 2.29. The Kier molecular flexibility index (Phi) is 3.68. The summed E-state index contributed by atoms with van der Waals surface area (Å²) in [5.74, 6) is 0.755. The Balaban J connectivity index is 1.68. The third kappa shape index (κ3) is 2.79. The van der Waals surface area contributed by atoms with E-state index >= 15 is 0 Å². The molecule has 0 fully saturated rings. The highest BCUT2D eigenvalue weighted by Crippen LogP contribution is 2.11. The van der Waals surface area contributed by atoms with Crippen LogP contribution in [0.4, 0.5) is 0 Å². The lowest BCUT2D eigenvalue weighted by molar-refractivity contribution is 0.0755. The smallest absolute Gasteiger partial charge is 0.276 e. The average molecular weight is 284 g/mol. The van der Waals surface area contributed by atoms with E-state index < -0.39 is 0 Å². The molecule has 3 aromatic rings. The Morgan fingerprint density at radius 3 is 2.90 bits per heavy atom. The zero-order valence-electron chi connectivity index (χ0n) is 11.7. The molecule has 0 radical (unpaired) electrons. The number of fused-ring (bicyclic) bond motifs is 1. The van der Waals surface area contributed by atoms with Crippen LogP contribution in [0.3, 0.4) is 0 Å². The van der Waals surface area contributed by atoms with E-state index in [1.165, 1.54) is 6.26 Å². The maximum atomic E-state index is 12.2. The van der Waals surface area contributed by atoms with Crippen LogP contribution in [0, 0.1) is 0 Å². The van der Waals surface area contributed by atoms with Crippen molar-refractivity contribution in [3.63, 3.8) is 0 Å². The topological polar surface area (TPSA) is 75.0 Å². The van der Waals surface area contributed by atoms with Crippen molar-refractivity contribution in [2.45, 2.75) is 13.3 Å². The number of benzene rings is 1. The number of aromatic amines is 1. The van der Waals surface area contributed by atoms with E-state index in [2.05, 4.69) is 15.1 Å². The normalized spacial score (nSPS) is 10.9. The molecule has 0 unspecified atom stereocenters. The van der Waals surface area contributed by atoms with E-state index in [9.17, 15) is 4.79 Å². The van der Waals surface area contributed by atoms with Crippen LogP contribution in [0.5, 0.6) is 0 Å². The highest BCUT2D eigenvalue weighted by Gasteiger charge is 2.17. The molecule has 0 saturated heterocycles. The van der Waals surface area contributed by atoms with Crippen molar-refractivity contribution in [2.75, 3.05) is 13.1 Å². The summed E-state index contributed by atoms with van der Waals surface area (Å²) >= 11 is 0. The van der Waals surface area contributed by atoms with Crippen molar-refractivity contribution < 1.29 is 9.32 Å². The first-order chi connectivity index (χ1) is 10.3. The molecular weight excluding hydrogens is 268 g/mol. The molecule has 1 aromatic carbocycles. The van der Waals surface area contributed by atoms with E-state index in [-0.39, 0.29) is 5.91 Å². The van der Waals surface area contributed by atoms with Crippen LogP contribution in [0.2, 0.25) is 0 Å². The van der Waals surface area contributed by atoms with Crippen LogP contribution in [-0.4, -0.2) is 39.0 Å². The molecule has 0 aliphatic rings. The number of aromatic nitrogens is 3. The van der Waals surface area contributed by atoms with Crippen molar-refractivity contribution in [2.24, 2.45) is 0 Å². The standard InChI is InChI=1S/C15H16N4O2/c1-2-19(15(20)13-8-10-21-18-13)9-7-14-16-11-5-3-4-6-12(11)17-14/h3-6,8,10H,2,7,9H2,1H3,(H,16,17). The van der Waals surface area contributed by atoms with Gasteiger partial charge in [0, 0.05) is 25.6 Å². The molecule has 0 aliphatic heterocycles. The van der Waals surface area contributed by atoms with Gasteiger partial charge in [0.1, 0.15) is 12.1 Å². The molecule has 0 spiro atoms. The van der Waals surface area contributed by atoms with Crippen LogP contribution >= 0.6 is 0 Å². The van der Waals surface area contributed by atoms with Crippen LogP contribution in [0.1, 0.15) is 23.2 Å². The summed E-state index contributed by atoms with van der Waals surface area (Å²) in [6.07, 6.45) is 2.08. The fraction of sp³-hybridized carbons (Fsp3) is 0.267. The monoisotopic (exact) mass is 284 g/mol. The van der Waals surface area contributed by atoms with Gasteiger partial charge in [0.2, 0.25) is 0 Å². The second-order valence-corrected chi connectivity index (χ2v) is 4.72. The quantitative estimate of drug-likeness (QED) is 0.779. The number of rotatable bonds is 5. The molecule has 1 amide bonds. The van der Waals surface area contributed by atoms with Crippen LogP contribution in [-0.2, 0) is 6.42 Å². The first-order valence-electron chi connectivity index (χ1n) is 6.91. The summed E-state index contributed by atoms with van der Waals surface area (Å²) in [6, 6.07) is 9.46. The Hall–Kier alpha value is -2.63. The van der Waals surface area contributed by atoms with Gasteiger partial charge in [-0.25, -0.2) is 4.98 Å². The van der Waals surface area contributed by atoms with Gasteiger partial charge < -0.3 is 14.4 Å². The van der Waals surface area contributed by atoms with E-state index in [4.69, 9.17) is 4.52 Å². The fourth-order valence-electron chi connectivity index (χ4n) is 2.25. The SMILES string of the molecule is CCN(CCc1nc2ccccc2[nH]1)C(=O)c1ccon1. The highest BCUT2D eigenvalue weighted by atomic mass is 16.5. The number of carbonyl (C=O) groups excluding carboxylic acids is 1. The summed E-state index contributed by atoms with van der Waals surface area (Å²) < 4.78 is 4.72. The molecule has 0 aliphatic carbocycles. The van der Waals surface area contributed by atoms with Gasteiger partial charge in [-0.1, -0.05) is 17.3 Å². The predicted octanol–water partition coefficient (Wildman–Crippen LogP) is 2.26. The van der Waals surface area contributed by atoms with E-state index in [1.54, 1.807) is 11.0 Å². The van der Waals surface area contributed by atoms with Gasteiger partial charge in [-0.05, 0) is 19.1 Å². The summed E-state index contributed by atoms with van der Waals surface area (Å²) in [5, 5.41) is 3.69. The maximum absolute atomic E-state index is 12.2. The van der Waals surface area contributed by atoms with Gasteiger partial charge in [0.05, 0.1) is 11.0 Å². The number of hydrogen-bond acceptors (Lipinski definition) is 4. The molecule has 3 rings (SSSR count). The number of nitrogens with zero attached hydrogens (tertiary/aromatic N) is 3. The van der Waals surface area contributed by atoms with Crippen LogP contribution < -0.4 is 0 Å². The number of hydrogen-bond donors (Lipinski definition) is 1. The minimum atomic E-state index is -0.123. The molecule has 6 nitrogen and oxygen atoms in total. The largest absolute Gasteiger partial charge is 0.364 e. The predicted molar refractivity (Wildman–Crippen MR) is 77.9 cm³/mol. The third-order valence-electron chi connectivity index (χ3n) is 3.38. The van der Waals surface area contributed by atoms with E-state index in [0.717, 1.165) is 16.9 Å². The minimum Gasteiger partial charge on any atom is -0.364 e. The highest BCUT2D eigenvalue weighted by molar-refractivity contribution is 5.92. The number of carbonyl (C=O) groups is 1. The first kappa shape index (κ1) is 13.4. The van der Waals surface area contributed by atoms with Gasteiger partial charge >= 0.3 is 0 Å². The second kappa shape index (κ2) is 5.78. The van der Waals surface area contributed by atoms with E-state index in [1.807, 2.05) is 31.2 Å². The summed E-state index contributed by atoms with van der Waals surface area (Å²) in [7, 11) is 0. The number of likely N-dealkylation sites (N-methyl/N-ethyl adjacent to an activating group) is 1. The van der Waals surface area contributed by atoms with E-state index in [0.29, 0.717) is 25.2 Å². The van der Waals surface area contributed by atoms with Gasteiger partial charge in [0.25, 0.3) is 5.91 Å². The van der Waals surface area contributed by atoms with Crippen molar-refractivity contribution in [3.05, 3.63) is 48.1 Å². The maximum Gasteiger partial charge on any atom is 0.276 e. The van der Waals surface area contributed by atoms with Gasteiger partial charge in [-0.15, -0.1) is 0 Å². The molecule has 0 bridgehead atoms. The lowest BCUT2D eigenvalue weighted by Gasteiger charge is -2.18. The number of para-hydroxylation sites is 2. The lowest BCUT2D eigenvalue weighted by atomic mass is 10.3. The Labute approximate surface area is 121 Å². The zero-order valence-corrected chi connectivity index (χ0v) is 11.7. The number of amides is 1. The Bertz CT molecular complexity index is 700. The van der Waals surface area contributed by atoms with Crippen molar-refractivity contribution in [1.82, 2.24) is 20.0 Å². The van der Waals surface area contributed by atoms with Gasteiger partial charge in [-0.2, -0.15) is 0 Å². The fourth-order valence-corrected chi connectivity index (χ4v) is 2.25. The summed E-state index contributed by atoms with van der Waals surface area (Å²) in [4.78, 5) is 21.7. The molecule has 0 saturated carbocycles. The third-order valence-corrected chi connectivity index (χ3v) is 3.38. The van der Waals surface area contributed by atoms with Crippen molar-refractivity contribution in [3.8, 4) is 0 Å². The molecule has 108 valence electrons. The van der Waals surface area contributed by atoms with Crippen LogP contribution in [0.15, 0.2) is 41.1 Å². The number of imidazole rings is 1. The Morgan fingerprint density at radius 2 is 2.19 bits per heavy atom. The zero-order chi connectivity index (χ0) is 14.7. The summed E-state index contributed by atoms with van der Waals surface area (Å²) in [6.45, 7) is 3.14. The van der Waals surface area contributed by atoms with Crippen molar-refractivity contribution >= 4 is 16.9 Å². The van der Waals surface area contributed by atoms with Crippen molar-refractivity contribution in [1.29, 1.82) is 0 Å². The first-order valence-corrected chi connectivity index (χ1v) is 6.91. The second-order valence-electron chi connectivity index (χ2n) is 4.72. The van der Waals surface area contributed by atoms with Gasteiger partial charge in [-0.3, -0.25) is 4.79 Å². The molecular formula is C15H16N4O2.